The van der Waals surface area contributed by atoms with Crippen LogP contribution in [-0.2, 0) is 18.4 Å². The molecule has 0 radical (unpaired) electrons. The number of hydrogen-bond acceptors (Lipinski definition) is 4. The van der Waals surface area contributed by atoms with Gasteiger partial charge in [0.05, 0.1) is 18.8 Å². The normalized spacial score (nSPS) is 12.2. The molecule has 4 aromatic rings. The number of carbonyl (C=O) groups excluding carboxylic acids is 1. The second-order valence-electron chi connectivity index (χ2n) is 6.97. The van der Waals surface area contributed by atoms with Crippen molar-refractivity contribution in [3.8, 4) is 5.75 Å². The third-order valence-corrected chi connectivity index (χ3v) is 5.17. The molecule has 0 bridgehead atoms. The smallest absolute Gasteiger partial charge is 0.291 e. The van der Waals surface area contributed by atoms with Gasteiger partial charge in [-0.25, -0.2) is 4.68 Å². The molecule has 0 unspecified atom stereocenters. The van der Waals surface area contributed by atoms with E-state index in [-0.39, 0.29) is 11.5 Å². The molecule has 1 atom stereocenters. The maximum atomic E-state index is 13.0. The van der Waals surface area contributed by atoms with Crippen molar-refractivity contribution in [1.82, 2.24) is 19.7 Å². The average Bonchev–Trinajstić information content (AvgIpc) is 3.09. The highest BCUT2D eigenvalue weighted by molar-refractivity contribution is 6.08. The van der Waals surface area contributed by atoms with Gasteiger partial charge >= 0.3 is 0 Å². The highest BCUT2D eigenvalue weighted by Gasteiger charge is 2.23. The van der Waals surface area contributed by atoms with Crippen LogP contribution >= 0.6 is 0 Å². The van der Waals surface area contributed by atoms with E-state index in [1.807, 2.05) is 48.5 Å². The van der Waals surface area contributed by atoms with E-state index < -0.39 is 6.04 Å². The fourth-order valence-electron chi connectivity index (χ4n) is 3.63. The third-order valence-electron chi connectivity index (χ3n) is 5.17. The number of aromatic nitrogens is 3. The molecule has 29 heavy (non-hydrogen) atoms. The molecule has 2 heterocycles. The monoisotopic (exact) mass is 390 g/mol. The minimum atomic E-state index is -0.571. The van der Waals surface area contributed by atoms with Crippen LogP contribution in [0.15, 0.2) is 59.5 Å². The molecule has 7 nitrogen and oxygen atoms in total. The summed E-state index contributed by atoms with van der Waals surface area (Å²) in [7, 11) is 3.22. The van der Waals surface area contributed by atoms with Crippen LogP contribution < -0.4 is 15.6 Å². The molecule has 1 amide bonds. The molecule has 0 saturated heterocycles. The van der Waals surface area contributed by atoms with E-state index in [2.05, 4.69) is 10.4 Å². The van der Waals surface area contributed by atoms with Gasteiger partial charge in [0.15, 0.2) is 0 Å². The number of nitrogens with zero attached hydrogens (tertiary/aromatic N) is 3. The van der Waals surface area contributed by atoms with Crippen LogP contribution in [0.4, 0.5) is 0 Å². The van der Waals surface area contributed by atoms with E-state index in [1.165, 1.54) is 4.68 Å². The van der Waals surface area contributed by atoms with E-state index in [0.29, 0.717) is 12.1 Å². The van der Waals surface area contributed by atoms with Gasteiger partial charge in [-0.3, -0.25) is 9.59 Å². The number of methoxy groups -OCH3 is 1. The number of aryl methyl sites for hydroxylation is 1. The zero-order chi connectivity index (χ0) is 20.5. The first-order valence-corrected chi connectivity index (χ1v) is 9.37. The third kappa shape index (κ3) is 3.24. The molecule has 1 N–H and O–H groups in total. The molecule has 148 valence electrons. The first-order chi connectivity index (χ1) is 14.0. The number of carbonyl (C=O) groups is 1. The van der Waals surface area contributed by atoms with Crippen molar-refractivity contribution in [2.75, 3.05) is 7.11 Å². The summed E-state index contributed by atoms with van der Waals surface area (Å²) < 4.78 is 8.32. The lowest BCUT2D eigenvalue weighted by Gasteiger charge is -2.17. The van der Waals surface area contributed by atoms with Crippen molar-refractivity contribution >= 4 is 27.7 Å². The molecule has 0 aliphatic rings. The highest BCUT2D eigenvalue weighted by atomic mass is 16.5. The molecule has 2 aromatic carbocycles. The summed E-state index contributed by atoms with van der Waals surface area (Å²) in [6.07, 6.45) is 1.68. The van der Waals surface area contributed by atoms with Gasteiger partial charge < -0.3 is 14.6 Å². The summed E-state index contributed by atoms with van der Waals surface area (Å²) in [5.74, 6) is 0.567. The number of amides is 1. The molecule has 0 saturated carbocycles. The van der Waals surface area contributed by atoms with Gasteiger partial charge in [0.2, 0.25) is 5.91 Å². The van der Waals surface area contributed by atoms with Gasteiger partial charge in [0, 0.05) is 24.4 Å². The lowest BCUT2D eigenvalue weighted by molar-refractivity contribution is -0.123. The van der Waals surface area contributed by atoms with Gasteiger partial charge in [-0.2, -0.15) is 5.10 Å². The summed E-state index contributed by atoms with van der Waals surface area (Å²) in [4.78, 5) is 25.8. The fraction of sp³-hybridized carbons (Fsp3) is 0.227. The topological polar surface area (TPSA) is 78.2 Å². The Balaban J connectivity index is 1.72. The summed E-state index contributed by atoms with van der Waals surface area (Å²) >= 11 is 0. The Morgan fingerprint density at radius 2 is 1.97 bits per heavy atom. The number of rotatable bonds is 5. The second kappa shape index (κ2) is 7.43. The van der Waals surface area contributed by atoms with Crippen molar-refractivity contribution in [2.45, 2.75) is 19.5 Å². The van der Waals surface area contributed by atoms with Gasteiger partial charge in [-0.05, 0) is 30.7 Å². The van der Waals surface area contributed by atoms with E-state index in [9.17, 15) is 9.59 Å². The van der Waals surface area contributed by atoms with Crippen molar-refractivity contribution in [2.24, 2.45) is 7.05 Å². The predicted octanol–water partition coefficient (Wildman–Crippen LogP) is 2.77. The first-order valence-electron chi connectivity index (χ1n) is 9.37. The molecule has 0 fully saturated rings. The molecular weight excluding hydrogens is 368 g/mol. The zero-order valence-electron chi connectivity index (χ0n) is 16.5. The largest absolute Gasteiger partial charge is 0.497 e. The van der Waals surface area contributed by atoms with Crippen LogP contribution in [0.2, 0.25) is 0 Å². The number of nitrogens with one attached hydrogen (secondary N) is 1. The molecule has 0 aliphatic heterocycles. The molecule has 7 heteroatoms. The van der Waals surface area contributed by atoms with Crippen LogP contribution in [0.5, 0.6) is 5.75 Å². The SMILES string of the molecule is COc1cccc(CNC(=O)[C@@H](C)n2c3ccccc3c3cnn(C)c(=O)c32)c1. The average molecular weight is 390 g/mol. The van der Waals surface area contributed by atoms with Gasteiger partial charge in [-0.15, -0.1) is 0 Å². The Morgan fingerprint density at radius 1 is 1.17 bits per heavy atom. The number of fused-ring (bicyclic) bond motifs is 3. The number of hydrogen-bond donors (Lipinski definition) is 1. The lowest BCUT2D eigenvalue weighted by atomic mass is 10.2. The summed E-state index contributed by atoms with van der Waals surface area (Å²) in [6, 6.07) is 14.6. The second-order valence-corrected chi connectivity index (χ2v) is 6.97. The number of ether oxygens (including phenoxy) is 1. The maximum absolute atomic E-state index is 13.0. The Kier molecular flexibility index (Phi) is 4.80. The van der Waals surface area contributed by atoms with E-state index in [1.54, 1.807) is 31.8 Å². The highest BCUT2D eigenvalue weighted by Crippen LogP contribution is 2.29. The minimum absolute atomic E-state index is 0.172. The van der Waals surface area contributed by atoms with Crippen molar-refractivity contribution < 1.29 is 9.53 Å². The van der Waals surface area contributed by atoms with E-state index in [0.717, 1.165) is 27.6 Å². The number of para-hydroxylation sites is 1. The predicted molar refractivity (Wildman–Crippen MR) is 112 cm³/mol. The van der Waals surface area contributed by atoms with Crippen molar-refractivity contribution in [1.29, 1.82) is 0 Å². The summed E-state index contributed by atoms with van der Waals surface area (Å²) in [5, 5.41) is 8.76. The van der Waals surface area contributed by atoms with Gasteiger partial charge in [0.1, 0.15) is 17.3 Å². The first kappa shape index (κ1) is 18.7. The van der Waals surface area contributed by atoms with Crippen LogP contribution in [0, 0.1) is 0 Å². The standard InChI is InChI=1S/C22H22N4O3/c1-14(21(27)23-12-15-7-6-8-16(11-15)29-3)26-19-10-5-4-9-17(19)18-13-24-25(2)22(28)20(18)26/h4-11,13-14H,12H2,1-3H3,(H,23,27)/t14-/m1/s1. The van der Waals surface area contributed by atoms with Crippen LogP contribution in [0.25, 0.3) is 21.8 Å². The van der Waals surface area contributed by atoms with E-state index >= 15 is 0 Å². The van der Waals surface area contributed by atoms with Crippen molar-refractivity contribution in [3.63, 3.8) is 0 Å². The molecule has 0 spiro atoms. The fourth-order valence-corrected chi connectivity index (χ4v) is 3.63. The number of benzene rings is 2. The molecular formula is C22H22N4O3. The Bertz CT molecular complexity index is 1270. The van der Waals surface area contributed by atoms with Crippen LogP contribution in [0.3, 0.4) is 0 Å². The molecule has 2 aromatic heterocycles. The van der Waals surface area contributed by atoms with E-state index in [4.69, 9.17) is 4.74 Å². The molecule has 4 rings (SSSR count). The zero-order valence-corrected chi connectivity index (χ0v) is 16.5. The summed E-state index contributed by atoms with van der Waals surface area (Å²) in [6.45, 7) is 2.17. The Hall–Kier alpha value is -3.61. The van der Waals surface area contributed by atoms with Crippen molar-refractivity contribution in [3.05, 3.63) is 70.6 Å². The van der Waals surface area contributed by atoms with Crippen LogP contribution in [0.1, 0.15) is 18.5 Å². The lowest BCUT2D eigenvalue weighted by Crippen LogP contribution is -2.32. The Labute approximate surface area is 167 Å². The van der Waals surface area contributed by atoms with Crippen LogP contribution in [-0.4, -0.2) is 27.4 Å². The Morgan fingerprint density at radius 3 is 2.76 bits per heavy atom. The summed E-state index contributed by atoms with van der Waals surface area (Å²) in [5.41, 5.74) is 2.02. The minimum Gasteiger partial charge on any atom is -0.497 e. The van der Waals surface area contributed by atoms with Gasteiger partial charge in [0.25, 0.3) is 5.56 Å². The van der Waals surface area contributed by atoms with Gasteiger partial charge in [-0.1, -0.05) is 30.3 Å². The molecule has 0 aliphatic carbocycles. The quantitative estimate of drug-likeness (QED) is 0.568. The maximum Gasteiger partial charge on any atom is 0.291 e.